The Balaban J connectivity index is 2.13. The number of likely N-dealkylation sites (N-methyl/N-ethyl adjacent to an activating group) is 1. The maximum absolute atomic E-state index is 14.3. The molecule has 116 valence electrons. The number of hydrogen-bond donors (Lipinski definition) is 0. The fourth-order valence-electron chi connectivity index (χ4n) is 1.87. The molecule has 1 aliphatic rings. The maximum Gasteiger partial charge on any atom is 0.644 e. The average molecular weight is 372 g/mol. The van der Waals surface area contributed by atoms with Gasteiger partial charge < -0.3 is 9.31 Å². The summed E-state index contributed by atoms with van der Waals surface area (Å²) in [6.07, 6.45) is -2.28. The van der Waals surface area contributed by atoms with Crippen LogP contribution in [0.3, 0.4) is 0 Å². The molecule has 0 N–H and O–H groups in total. The van der Waals surface area contributed by atoms with Gasteiger partial charge in [-0.05, 0) is 19.2 Å². The molecule has 0 aliphatic carbocycles. The predicted molar refractivity (Wildman–Crippen MR) is 78.8 cm³/mol. The standard InChI is InChI=1S/C13H12BBrFNO5/c1-17-6-10(18)21-14(22-11(19)7-17)13(16)12(20)8-2-4-9(15)5-3-8/h2-5,13H,6-7H2,1H3/t13-/m0/s1. The molecule has 9 heteroatoms. The van der Waals surface area contributed by atoms with E-state index in [1.807, 2.05) is 0 Å². The van der Waals surface area contributed by atoms with Crippen LogP contribution in [0.25, 0.3) is 0 Å². The Labute approximate surface area is 134 Å². The van der Waals surface area contributed by atoms with Crippen molar-refractivity contribution in [3.8, 4) is 0 Å². The van der Waals surface area contributed by atoms with Crippen molar-refractivity contribution in [1.29, 1.82) is 0 Å². The second-order valence-electron chi connectivity index (χ2n) is 4.79. The minimum absolute atomic E-state index is 0.0852. The van der Waals surface area contributed by atoms with Gasteiger partial charge in [0, 0.05) is 10.0 Å². The second kappa shape index (κ2) is 7.02. The van der Waals surface area contributed by atoms with Crippen LogP contribution in [0.15, 0.2) is 28.7 Å². The molecular formula is C13H12BBrFNO5. The van der Waals surface area contributed by atoms with E-state index in [0.717, 1.165) is 4.47 Å². The first-order chi connectivity index (χ1) is 10.4. The number of benzene rings is 1. The van der Waals surface area contributed by atoms with Crippen molar-refractivity contribution in [3.63, 3.8) is 0 Å². The molecule has 0 saturated carbocycles. The minimum atomic E-state index is -2.28. The Kier molecular flexibility index (Phi) is 5.30. The van der Waals surface area contributed by atoms with Gasteiger partial charge >= 0.3 is 19.1 Å². The molecule has 1 saturated heterocycles. The van der Waals surface area contributed by atoms with E-state index in [9.17, 15) is 18.8 Å². The third-order valence-electron chi connectivity index (χ3n) is 2.91. The van der Waals surface area contributed by atoms with Crippen molar-refractivity contribution < 1.29 is 28.1 Å². The molecule has 0 amide bonds. The third-order valence-corrected chi connectivity index (χ3v) is 3.44. The van der Waals surface area contributed by atoms with Crippen molar-refractivity contribution in [1.82, 2.24) is 4.90 Å². The van der Waals surface area contributed by atoms with Crippen molar-refractivity contribution in [2.45, 2.75) is 6.07 Å². The van der Waals surface area contributed by atoms with Crippen molar-refractivity contribution >= 4 is 40.8 Å². The van der Waals surface area contributed by atoms with E-state index in [2.05, 4.69) is 15.9 Å². The number of rotatable bonds is 3. The monoisotopic (exact) mass is 371 g/mol. The molecule has 22 heavy (non-hydrogen) atoms. The minimum Gasteiger partial charge on any atom is -0.496 e. The maximum atomic E-state index is 14.3. The summed E-state index contributed by atoms with van der Waals surface area (Å²) in [6, 6.07) is 5.98. The molecule has 0 aromatic heterocycles. The van der Waals surface area contributed by atoms with Gasteiger partial charge in [0.1, 0.15) is 0 Å². The number of Topliss-reactive ketones (excluding diaryl/α,β-unsaturated/α-hetero) is 1. The summed E-state index contributed by atoms with van der Waals surface area (Å²) in [6.45, 7) is -0.379. The van der Waals surface area contributed by atoms with E-state index < -0.39 is 30.9 Å². The van der Waals surface area contributed by atoms with Crippen LogP contribution in [-0.2, 0) is 18.9 Å². The quantitative estimate of drug-likeness (QED) is 0.583. The van der Waals surface area contributed by atoms with Gasteiger partial charge in [0.2, 0.25) is 6.07 Å². The lowest BCUT2D eigenvalue weighted by molar-refractivity contribution is -0.146. The Bertz CT molecular complexity index is 577. The topological polar surface area (TPSA) is 72.9 Å². The summed E-state index contributed by atoms with van der Waals surface area (Å²) in [7, 11) is -0.354. The Morgan fingerprint density at radius 1 is 1.23 bits per heavy atom. The first-order valence-corrected chi connectivity index (χ1v) is 7.17. The molecule has 1 aromatic carbocycles. The summed E-state index contributed by atoms with van der Waals surface area (Å²) >= 11 is 3.20. The van der Waals surface area contributed by atoms with Crippen LogP contribution in [0.5, 0.6) is 0 Å². The molecule has 0 bridgehead atoms. The number of hydrogen-bond acceptors (Lipinski definition) is 6. The van der Waals surface area contributed by atoms with Gasteiger partial charge in [0.05, 0.1) is 13.1 Å². The molecule has 1 aromatic rings. The Morgan fingerprint density at radius 2 is 1.73 bits per heavy atom. The third kappa shape index (κ3) is 4.14. The van der Waals surface area contributed by atoms with E-state index in [0.29, 0.717) is 0 Å². The molecule has 0 unspecified atom stereocenters. The summed E-state index contributed by atoms with van der Waals surface area (Å²) in [5, 5.41) is 0. The zero-order valence-corrected chi connectivity index (χ0v) is 13.2. The zero-order valence-electron chi connectivity index (χ0n) is 11.6. The predicted octanol–water partition coefficient (Wildman–Crippen LogP) is 1.03. The summed E-state index contributed by atoms with van der Waals surface area (Å²) < 4.78 is 24.5. The van der Waals surface area contributed by atoms with Crippen LogP contribution in [0.4, 0.5) is 4.39 Å². The van der Waals surface area contributed by atoms with Gasteiger partial charge in [0.15, 0.2) is 5.78 Å². The number of carbonyl (C=O) groups is 3. The van der Waals surface area contributed by atoms with Crippen molar-refractivity contribution in [2.24, 2.45) is 0 Å². The molecule has 1 atom stereocenters. The van der Waals surface area contributed by atoms with Crippen LogP contribution in [-0.4, -0.2) is 55.9 Å². The van der Waals surface area contributed by atoms with Crippen LogP contribution < -0.4 is 0 Å². The largest absolute Gasteiger partial charge is 0.644 e. The summed E-state index contributed by atoms with van der Waals surface area (Å²) in [5.74, 6) is -2.47. The van der Waals surface area contributed by atoms with Crippen LogP contribution >= 0.6 is 15.9 Å². The van der Waals surface area contributed by atoms with Crippen LogP contribution in [0.1, 0.15) is 10.4 Å². The van der Waals surface area contributed by atoms with E-state index in [4.69, 9.17) is 9.31 Å². The molecule has 2 rings (SSSR count). The normalized spacial score (nSPS) is 18.0. The van der Waals surface area contributed by atoms with Crippen LogP contribution in [0, 0.1) is 0 Å². The van der Waals surface area contributed by atoms with Gasteiger partial charge in [-0.1, -0.05) is 28.1 Å². The van der Waals surface area contributed by atoms with Gasteiger partial charge in [-0.2, -0.15) is 0 Å². The molecular weight excluding hydrogens is 360 g/mol. The lowest BCUT2D eigenvalue weighted by Crippen LogP contribution is -2.48. The number of nitrogens with zero attached hydrogens (tertiary/aromatic N) is 1. The SMILES string of the molecule is CN1CC(=O)OB([C@@H](F)C(=O)c2ccc(Br)cc2)OC(=O)C1. The smallest absolute Gasteiger partial charge is 0.496 e. The van der Waals surface area contributed by atoms with Gasteiger partial charge in [-0.3, -0.25) is 19.3 Å². The van der Waals surface area contributed by atoms with Crippen LogP contribution in [0.2, 0.25) is 0 Å². The number of carbonyl (C=O) groups excluding carboxylic acids is 3. The van der Waals surface area contributed by atoms with Gasteiger partial charge in [-0.15, -0.1) is 0 Å². The van der Waals surface area contributed by atoms with Crippen molar-refractivity contribution in [2.75, 3.05) is 20.1 Å². The highest BCUT2D eigenvalue weighted by atomic mass is 79.9. The number of alkyl halides is 1. The van der Waals surface area contributed by atoms with E-state index in [1.165, 1.54) is 24.1 Å². The highest BCUT2D eigenvalue weighted by Gasteiger charge is 2.44. The summed E-state index contributed by atoms with van der Waals surface area (Å²) in [5.41, 5.74) is 0.0852. The number of ketones is 1. The second-order valence-corrected chi connectivity index (χ2v) is 5.71. The Hall–Kier alpha value is -1.74. The fourth-order valence-corrected chi connectivity index (χ4v) is 2.14. The molecule has 1 aliphatic heterocycles. The zero-order chi connectivity index (χ0) is 16.3. The van der Waals surface area contributed by atoms with E-state index in [-0.39, 0.29) is 18.7 Å². The average Bonchev–Trinajstić information content (AvgIpc) is 2.44. The van der Waals surface area contributed by atoms with Gasteiger partial charge in [-0.25, -0.2) is 4.39 Å². The molecule has 1 fully saturated rings. The molecule has 1 heterocycles. The van der Waals surface area contributed by atoms with E-state index >= 15 is 0 Å². The molecule has 0 radical (unpaired) electrons. The van der Waals surface area contributed by atoms with Gasteiger partial charge in [0.25, 0.3) is 0 Å². The lowest BCUT2D eigenvalue weighted by Gasteiger charge is -2.23. The first kappa shape index (κ1) is 16.6. The fraction of sp³-hybridized carbons (Fsp3) is 0.308. The lowest BCUT2D eigenvalue weighted by atomic mass is 9.77. The first-order valence-electron chi connectivity index (χ1n) is 6.38. The molecule has 6 nitrogen and oxygen atoms in total. The Morgan fingerprint density at radius 3 is 2.23 bits per heavy atom. The molecule has 0 spiro atoms. The summed E-state index contributed by atoms with van der Waals surface area (Å²) in [4.78, 5) is 36.5. The number of halogens is 2. The van der Waals surface area contributed by atoms with E-state index in [1.54, 1.807) is 12.1 Å². The highest BCUT2D eigenvalue weighted by Crippen LogP contribution is 2.16. The highest BCUT2D eigenvalue weighted by molar-refractivity contribution is 9.10. The van der Waals surface area contributed by atoms with Crippen molar-refractivity contribution in [3.05, 3.63) is 34.3 Å².